The molecule has 0 atom stereocenters. The van der Waals surface area contributed by atoms with Gasteiger partial charge in [0.15, 0.2) is 0 Å². The molecule has 0 saturated carbocycles. The zero-order valence-corrected chi connectivity index (χ0v) is 14.2. The lowest BCUT2D eigenvalue weighted by Gasteiger charge is -2.11. The van der Waals surface area contributed by atoms with Crippen LogP contribution in [0.5, 0.6) is 5.75 Å². The van der Waals surface area contributed by atoms with Crippen LogP contribution in [0.15, 0.2) is 36.4 Å². The predicted octanol–water partition coefficient (Wildman–Crippen LogP) is 2.99. The SMILES string of the molecule is COc1ccc(Cl)cc1C(=O)NNC(=O)c1ccc(Cl)cc1[N+](=O)[O-]. The van der Waals surface area contributed by atoms with Crippen LogP contribution in [0.1, 0.15) is 20.7 Å². The topological polar surface area (TPSA) is 111 Å². The summed E-state index contributed by atoms with van der Waals surface area (Å²) in [6.07, 6.45) is 0. The van der Waals surface area contributed by atoms with Crippen molar-refractivity contribution in [3.63, 3.8) is 0 Å². The van der Waals surface area contributed by atoms with Crippen LogP contribution in [0.3, 0.4) is 0 Å². The van der Waals surface area contributed by atoms with Crippen molar-refractivity contribution < 1.29 is 19.2 Å². The third-order valence-corrected chi connectivity index (χ3v) is 3.57. The first-order valence-corrected chi connectivity index (χ1v) is 7.47. The van der Waals surface area contributed by atoms with E-state index in [1.807, 2.05) is 0 Å². The van der Waals surface area contributed by atoms with Gasteiger partial charge in [0.2, 0.25) is 0 Å². The van der Waals surface area contributed by atoms with Crippen LogP contribution in [0.25, 0.3) is 0 Å². The van der Waals surface area contributed by atoms with Crippen molar-refractivity contribution in [3.05, 3.63) is 67.7 Å². The number of methoxy groups -OCH3 is 1. The molecule has 2 aromatic carbocycles. The number of hydrazine groups is 1. The van der Waals surface area contributed by atoms with Gasteiger partial charge in [-0.05, 0) is 30.3 Å². The Labute approximate surface area is 151 Å². The fourth-order valence-corrected chi connectivity index (χ4v) is 2.29. The number of hydrogen-bond donors (Lipinski definition) is 2. The molecule has 0 aromatic heterocycles. The second-order valence-electron chi connectivity index (χ2n) is 4.67. The third-order valence-electron chi connectivity index (χ3n) is 3.10. The zero-order valence-electron chi connectivity index (χ0n) is 12.7. The lowest BCUT2D eigenvalue weighted by Crippen LogP contribution is -2.42. The summed E-state index contributed by atoms with van der Waals surface area (Å²) >= 11 is 11.5. The molecule has 0 bridgehead atoms. The normalized spacial score (nSPS) is 10.0. The minimum Gasteiger partial charge on any atom is -0.496 e. The number of nitro benzene ring substituents is 1. The van der Waals surface area contributed by atoms with Crippen molar-refractivity contribution in [1.82, 2.24) is 10.9 Å². The quantitative estimate of drug-likeness (QED) is 0.622. The molecule has 0 spiro atoms. The van der Waals surface area contributed by atoms with Crippen LogP contribution in [0, 0.1) is 10.1 Å². The number of nitro groups is 1. The first-order chi connectivity index (χ1) is 11.8. The number of nitrogens with zero attached hydrogens (tertiary/aromatic N) is 1. The van der Waals surface area contributed by atoms with Crippen LogP contribution in [-0.4, -0.2) is 23.8 Å². The molecule has 0 saturated heterocycles. The first-order valence-electron chi connectivity index (χ1n) is 6.71. The maximum Gasteiger partial charge on any atom is 0.283 e. The summed E-state index contributed by atoms with van der Waals surface area (Å²) in [5, 5.41) is 11.4. The lowest BCUT2D eigenvalue weighted by molar-refractivity contribution is -0.385. The number of rotatable bonds is 4. The second kappa shape index (κ2) is 7.82. The zero-order chi connectivity index (χ0) is 18.6. The number of halogens is 2. The Hall–Kier alpha value is -2.84. The van der Waals surface area contributed by atoms with Crippen LogP contribution >= 0.6 is 23.2 Å². The standard InChI is InChI=1S/C15H11Cl2N3O5/c1-25-13-5-3-8(16)6-11(13)15(22)19-18-14(21)10-4-2-9(17)7-12(10)20(23)24/h2-7H,1H3,(H,18,21)(H,19,22). The minimum atomic E-state index is -0.877. The second-order valence-corrected chi connectivity index (χ2v) is 5.54. The van der Waals surface area contributed by atoms with E-state index in [1.54, 1.807) is 0 Å². The molecule has 0 radical (unpaired) electrons. The number of nitrogens with one attached hydrogen (secondary N) is 2. The van der Waals surface area contributed by atoms with Gasteiger partial charge in [0.05, 0.1) is 17.6 Å². The minimum absolute atomic E-state index is 0.0842. The number of carbonyl (C=O) groups excluding carboxylic acids is 2. The molecule has 0 heterocycles. The highest BCUT2D eigenvalue weighted by Gasteiger charge is 2.21. The molecule has 2 rings (SSSR count). The van der Waals surface area contributed by atoms with Gasteiger partial charge in [-0.3, -0.25) is 30.6 Å². The van der Waals surface area contributed by atoms with Crippen molar-refractivity contribution >= 4 is 40.7 Å². The van der Waals surface area contributed by atoms with Gasteiger partial charge in [-0.2, -0.15) is 0 Å². The predicted molar refractivity (Wildman–Crippen MR) is 91.0 cm³/mol. The van der Waals surface area contributed by atoms with E-state index < -0.39 is 22.4 Å². The molecule has 10 heteroatoms. The highest BCUT2D eigenvalue weighted by molar-refractivity contribution is 6.31. The molecule has 8 nitrogen and oxygen atoms in total. The summed E-state index contributed by atoms with van der Waals surface area (Å²) < 4.78 is 5.04. The number of benzene rings is 2. The Bertz CT molecular complexity index is 857. The molecule has 0 fully saturated rings. The molecular weight excluding hydrogens is 373 g/mol. The highest BCUT2D eigenvalue weighted by atomic mass is 35.5. The van der Waals surface area contributed by atoms with E-state index >= 15 is 0 Å². The molecule has 130 valence electrons. The van der Waals surface area contributed by atoms with Crippen molar-refractivity contribution in [2.75, 3.05) is 7.11 Å². The summed E-state index contributed by atoms with van der Waals surface area (Å²) in [6.45, 7) is 0. The third kappa shape index (κ3) is 4.37. The average molecular weight is 384 g/mol. The Kier molecular flexibility index (Phi) is 5.79. The van der Waals surface area contributed by atoms with Crippen molar-refractivity contribution in [1.29, 1.82) is 0 Å². The molecule has 2 N–H and O–H groups in total. The van der Waals surface area contributed by atoms with Crippen LogP contribution < -0.4 is 15.6 Å². The summed E-state index contributed by atoms with van der Waals surface area (Å²) in [6, 6.07) is 7.92. The van der Waals surface area contributed by atoms with Crippen molar-refractivity contribution in [3.8, 4) is 5.75 Å². The molecular formula is C15H11Cl2N3O5. The van der Waals surface area contributed by atoms with Gasteiger partial charge in [-0.25, -0.2) is 0 Å². The molecule has 2 amide bonds. The largest absolute Gasteiger partial charge is 0.496 e. The van der Waals surface area contributed by atoms with E-state index in [0.29, 0.717) is 5.02 Å². The van der Waals surface area contributed by atoms with E-state index in [2.05, 4.69) is 10.9 Å². The number of carbonyl (C=O) groups is 2. The van der Waals surface area contributed by atoms with Gasteiger partial charge in [0.1, 0.15) is 11.3 Å². The van der Waals surface area contributed by atoms with E-state index in [4.69, 9.17) is 27.9 Å². The van der Waals surface area contributed by atoms with Gasteiger partial charge >= 0.3 is 0 Å². The molecule has 0 unspecified atom stereocenters. The Morgan fingerprint density at radius 2 is 1.56 bits per heavy atom. The molecule has 2 aromatic rings. The maximum absolute atomic E-state index is 12.2. The van der Waals surface area contributed by atoms with Gasteiger partial charge in [-0.15, -0.1) is 0 Å². The molecule has 0 aliphatic heterocycles. The molecule has 0 aliphatic carbocycles. The summed E-state index contributed by atoms with van der Waals surface area (Å²) in [7, 11) is 1.37. The summed E-state index contributed by atoms with van der Waals surface area (Å²) in [5.74, 6) is -1.34. The van der Waals surface area contributed by atoms with Gasteiger partial charge in [0.25, 0.3) is 17.5 Å². The van der Waals surface area contributed by atoms with Crippen LogP contribution in [0.2, 0.25) is 10.0 Å². The Balaban J connectivity index is 2.17. The number of hydrogen-bond acceptors (Lipinski definition) is 5. The smallest absolute Gasteiger partial charge is 0.283 e. The maximum atomic E-state index is 12.2. The summed E-state index contributed by atoms with van der Waals surface area (Å²) in [5.41, 5.74) is 3.59. The van der Waals surface area contributed by atoms with Crippen molar-refractivity contribution in [2.24, 2.45) is 0 Å². The fraction of sp³-hybridized carbons (Fsp3) is 0.0667. The van der Waals surface area contributed by atoms with E-state index in [-0.39, 0.29) is 21.9 Å². The monoisotopic (exact) mass is 383 g/mol. The Morgan fingerprint density at radius 3 is 2.16 bits per heavy atom. The number of amides is 2. The van der Waals surface area contributed by atoms with Gasteiger partial charge < -0.3 is 4.74 Å². The van der Waals surface area contributed by atoms with Crippen LogP contribution in [0.4, 0.5) is 5.69 Å². The van der Waals surface area contributed by atoms with Crippen LogP contribution in [-0.2, 0) is 0 Å². The lowest BCUT2D eigenvalue weighted by atomic mass is 10.1. The Morgan fingerprint density at radius 1 is 1.00 bits per heavy atom. The van der Waals surface area contributed by atoms with E-state index in [0.717, 1.165) is 6.07 Å². The number of ether oxygens (including phenoxy) is 1. The highest BCUT2D eigenvalue weighted by Crippen LogP contribution is 2.24. The summed E-state index contributed by atoms with van der Waals surface area (Å²) in [4.78, 5) is 34.5. The van der Waals surface area contributed by atoms with E-state index in [1.165, 1.54) is 37.4 Å². The van der Waals surface area contributed by atoms with E-state index in [9.17, 15) is 19.7 Å². The van der Waals surface area contributed by atoms with Gasteiger partial charge in [-0.1, -0.05) is 23.2 Å². The first kappa shape index (κ1) is 18.5. The van der Waals surface area contributed by atoms with Crippen molar-refractivity contribution in [2.45, 2.75) is 0 Å². The fourth-order valence-electron chi connectivity index (χ4n) is 1.95. The average Bonchev–Trinajstić information content (AvgIpc) is 2.59. The molecule has 25 heavy (non-hydrogen) atoms. The molecule has 0 aliphatic rings. The van der Waals surface area contributed by atoms with Gasteiger partial charge in [0, 0.05) is 16.1 Å².